The normalized spacial score (nSPS) is 17.4. The fourth-order valence-corrected chi connectivity index (χ4v) is 5.44. The van der Waals surface area contributed by atoms with Crippen molar-refractivity contribution in [1.82, 2.24) is 19.7 Å². The first-order valence-corrected chi connectivity index (χ1v) is 15.3. The van der Waals surface area contributed by atoms with Gasteiger partial charge in [-0.15, -0.1) is 0 Å². The topological polar surface area (TPSA) is 166 Å². The summed E-state index contributed by atoms with van der Waals surface area (Å²) in [4.78, 5) is 47.3. The van der Waals surface area contributed by atoms with E-state index < -0.39 is 12.1 Å². The van der Waals surface area contributed by atoms with E-state index in [1.807, 2.05) is 41.2 Å². The summed E-state index contributed by atoms with van der Waals surface area (Å²) in [5.74, 6) is -2.47. The van der Waals surface area contributed by atoms with Crippen LogP contribution in [0.1, 0.15) is 37.3 Å². The molecule has 17 heteroatoms. The number of aliphatic hydroxyl groups excluding tert-OH is 1. The Hall–Kier alpha value is -5.48. The molecule has 4 N–H and O–H groups in total. The molecule has 0 saturated heterocycles. The highest BCUT2D eigenvalue weighted by molar-refractivity contribution is 6.32. The second-order valence-corrected chi connectivity index (χ2v) is 11.4. The maximum Gasteiger partial charge on any atom is 0.490 e. The maximum atomic E-state index is 14.0. The number of urea groups is 1. The molecule has 3 heterocycles. The van der Waals surface area contributed by atoms with Gasteiger partial charge in [-0.3, -0.25) is 14.4 Å². The average molecular weight is 699 g/mol. The number of aliphatic hydroxyl groups is 1. The van der Waals surface area contributed by atoms with Gasteiger partial charge >= 0.3 is 18.2 Å². The van der Waals surface area contributed by atoms with Crippen LogP contribution >= 0.6 is 11.6 Å². The maximum absolute atomic E-state index is 14.0. The van der Waals surface area contributed by atoms with Crippen molar-refractivity contribution in [3.8, 4) is 0 Å². The Balaban J connectivity index is 0.000000606. The third-order valence-electron chi connectivity index (χ3n) is 7.65. The molecule has 0 bridgehead atoms. The number of carbonyl (C=O) groups excluding carboxylic acids is 2. The minimum atomic E-state index is -5.08. The number of para-hydroxylation sites is 1. The molecule has 256 valence electrons. The van der Waals surface area contributed by atoms with Gasteiger partial charge in [0.1, 0.15) is 0 Å². The van der Waals surface area contributed by atoms with Crippen molar-refractivity contribution >= 4 is 64.0 Å². The Kier molecular flexibility index (Phi) is 10.5. The van der Waals surface area contributed by atoms with Crippen molar-refractivity contribution < 1.29 is 37.8 Å². The van der Waals surface area contributed by atoms with Gasteiger partial charge in [0.25, 0.3) is 0 Å². The first-order chi connectivity index (χ1) is 23.3. The molecule has 3 amide bonds. The van der Waals surface area contributed by atoms with E-state index in [0.717, 1.165) is 36.9 Å². The Morgan fingerprint density at radius 3 is 2.37 bits per heavy atom. The van der Waals surface area contributed by atoms with Crippen LogP contribution in [-0.2, 0) is 16.1 Å². The number of carboxylic acids is 1. The molecule has 2 aromatic carbocycles. The standard InChI is InChI=1S/C30H29ClN8O3.C2HF3O2/c1-2-26(41)33-20-7-6-10-23(15-20)39-28-19(17-37(30(39)42)21-8-4-3-5-9-21)16-32-29(35-28)34-25-18-38(36-27(25)31)22-11-13-24(40)14-12-22;3-2(4,5)1(6)7/h2-10,15-16,18,22,24,40H,1,11-14,17H2,(H,33,41)(H,32,34,35);(H,6,7). The molecule has 2 aromatic heterocycles. The van der Waals surface area contributed by atoms with E-state index in [2.05, 4.69) is 27.3 Å². The van der Waals surface area contributed by atoms with Gasteiger partial charge in [0.05, 0.1) is 36.3 Å². The number of nitrogens with zero attached hydrogens (tertiary/aromatic N) is 6. The Labute approximate surface area is 282 Å². The largest absolute Gasteiger partial charge is 0.490 e. The molecule has 6 rings (SSSR count). The number of fused-ring (bicyclic) bond motifs is 1. The average Bonchev–Trinajstić information content (AvgIpc) is 3.44. The first kappa shape index (κ1) is 34.8. The molecule has 13 nitrogen and oxygen atoms in total. The van der Waals surface area contributed by atoms with E-state index in [1.54, 1.807) is 35.4 Å². The second-order valence-electron chi connectivity index (χ2n) is 11.0. The van der Waals surface area contributed by atoms with E-state index in [4.69, 9.17) is 26.5 Å². The number of halogens is 4. The number of hydrogen-bond acceptors (Lipinski definition) is 8. The van der Waals surface area contributed by atoms with Gasteiger partial charge in [-0.2, -0.15) is 23.3 Å². The van der Waals surface area contributed by atoms with Crippen LogP contribution in [0.15, 0.2) is 79.6 Å². The van der Waals surface area contributed by atoms with Crippen LogP contribution in [0.3, 0.4) is 0 Å². The number of anilines is 6. The quantitative estimate of drug-likeness (QED) is 0.156. The number of aromatic nitrogens is 4. The molecule has 49 heavy (non-hydrogen) atoms. The number of carbonyl (C=O) groups is 3. The number of amides is 3. The number of nitrogens with one attached hydrogen (secondary N) is 2. The van der Waals surface area contributed by atoms with Crippen LogP contribution < -0.4 is 20.4 Å². The minimum absolute atomic E-state index is 0.150. The summed E-state index contributed by atoms with van der Waals surface area (Å²) in [5.41, 5.74) is 3.01. The van der Waals surface area contributed by atoms with E-state index >= 15 is 0 Å². The predicted molar refractivity (Wildman–Crippen MR) is 175 cm³/mol. The lowest BCUT2D eigenvalue weighted by Gasteiger charge is -2.36. The predicted octanol–water partition coefficient (Wildman–Crippen LogP) is 6.58. The lowest BCUT2D eigenvalue weighted by Crippen LogP contribution is -2.45. The molecule has 1 fully saturated rings. The van der Waals surface area contributed by atoms with Crippen molar-refractivity contribution in [3.05, 3.63) is 90.4 Å². The summed E-state index contributed by atoms with van der Waals surface area (Å²) < 4.78 is 33.6. The summed E-state index contributed by atoms with van der Waals surface area (Å²) in [7, 11) is 0. The second kappa shape index (κ2) is 14.7. The van der Waals surface area contributed by atoms with Gasteiger partial charge in [0.15, 0.2) is 11.0 Å². The zero-order valence-corrected chi connectivity index (χ0v) is 26.4. The third-order valence-corrected chi connectivity index (χ3v) is 7.92. The van der Waals surface area contributed by atoms with Gasteiger partial charge < -0.3 is 20.8 Å². The molecule has 4 aromatic rings. The van der Waals surface area contributed by atoms with Crippen LogP contribution in [0.5, 0.6) is 0 Å². The third kappa shape index (κ3) is 8.33. The summed E-state index contributed by atoms with van der Waals surface area (Å²) in [6, 6.07) is 16.2. The van der Waals surface area contributed by atoms with Crippen molar-refractivity contribution in [2.45, 2.75) is 50.6 Å². The van der Waals surface area contributed by atoms with E-state index in [0.29, 0.717) is 22.9 Å². The number of alkyl halides is 3. The van der Waals surface area contributed by atoms with Gasteiger partial charge in [0.2, 0.25) is 11.9 Å². The number of hydrogen-bond donors (Lipinski definition) is 4. The Morgan fingerprint density at radius 1 is 1.04 bits per heavy atom. The fraction of sp³-hybridized carbons (Fsp3) is 0.250. The summed E-state index contributed by atoms with van der Waals surface area (Å²) in [6.07, 6.45) is 2.41. The fourth-order valence-electron chi connectivity index (χ4n) is 5.25. The zero-order chi connectivity index (χ0) is 35.3. The van der Waals surface area contributed by atoms with Crippen LogP contribution in [0.2, 0.25) is 5.15 Å². The van der Waals surface area contributed by atoms with Crippen molar-refractivity contribution in [1.29, 1.82) is 0 Å². The zero-order valence-electron chi connectivity index (χ0n) is 25.6. The Bertz CT molecular complexity index is 1850. The Morgan fingerprint density at radius 2 is 1.71 bits per heavy atom. The molecule has 1 aliphatic heterocycles. The first-order valence-electron chi connectivity index (χ1n) is 14.9. The number of benzene rings is 2. The molecule has 0 spiro atoms. The SMILES string of the molecule is C=CC(=O)Nc1cccc(N2C(=O)N(c3ccccc3)Cc3cnc(Nc4cn(C5CCC(O)CC5)nc4Cl)nc32)c1.O=C(O)C(F)(F)F. The number of aliphatic carboxylic acids is 1. The molecule has 1 saturated carbocycles. The lowest BCUT2D eigenvalue weighted by atomic mass is 9.93. The number of carboxylic acid groups (broad SMARTS) is 1. The molecule has 1 aliphatic carbocycles. The van der Waals surface area contributed by atoms with Crippen LogP contribution in [0.4, 0.5) is 52.5 Å². The summed E-state index contributed by atoms with van der Waals surface area (Å²) in [5, 5.41) is 27.6. The van der Waals surface area contributed by atoms with Crippen LogP contribution in [0.25, 0.3) is 0 Å². The molecule has 0 unspecified atom stereocenters. The van der Waals surface area contributed by atoms with Gasteiger partial charge in [-0.25, -0.2) is 19.5 Å². The highest BCUT2D eigenvalue weighted by atomic mass is 35.5. The molecule has 0 radical (unpaired) electrons. The monoisotopic (exact) mass is 698 g/mol. The van der Waals surface area contributed by atoms with Crippen LogP contribution in [0, 0.1) is 0 Å². The van der Waals surface area contributed by atoms with Crippen LogP contribution in [-0.4, -0.2) is 60.1 Å². The van der Waals surface area contributed by atoms with Gasteiger partial charge in [0, 0.05) is 23.1 Å². The van der Waals surface area contributed by atoms with E-state index in [9.17, 15) is 27.9 Å². The highest BCUT2D eigenvalue weighted by Crippen LogP contribution is 2.38. The van der Waals surface area contributed by atoms with Gasteiger partial charge in [-0.05, 0) is 62.1 Å². The number of rotatable bonds is 7. The molecular weight excluding hydrogens is 669 g/mol. The molecule has 2 aliphatic rings. The van der Waals surface area contributed by atoms with Crippen molar-refractivity contribution in [3.63, 3.8) is 0 Å². The molecular formula is C32H30ClF3N8O5. The highest BCUT2D eigenvalue weighted by Gasteiger charge is 2.38. The van der Waals surface area contributed by atoms with Crippen molar-refractivity contribution in [2.75, 3.05) is 20.4 Å². The lowest BCUT2D eigenvalue weighted by molar-refractivity contribution is -0.192. The smallest absolute Gasteiger partial charge is 0.475 e. The van der Waals surface area contributed by atoms with E-state index in [-0.39, 0.29) is 41.7 Å². The summed E-state index contributed by atoms with van der Waals surface area (Å²) >= 11 is 6.48. The van der Waals surface area contributed by atoms with E-state index in [1.165, 1.54) is 11.0 Å². The minimum Gasteiger partial charge on any atom is -0.475 e. The van der Waals surface area contributed by atoms with Gasteiger partial charge in [-0.1, -0.05) is 42.4 Å². The molecule has 0 atom stereocenters. The summed E-state index contributed by atoms with van der Waals surface area (Å²) in [6.45, 7) is 3.77. The van der Waals surface area contributed by atoms with Crippen molar-refractivity contribution in [2.24, 2.45) is 0 Å².